The van der Waals surface area contributed by atoms with Gasteiger partial charge in [-0.1, -0.05) is 55.3 Å². The third kappa shape index (κ3) is 14.1. The highest BCUT2D eigenvalue weighted by Gasteiger charge is 2.37. The van der Waals surface area contributed by atoms with Gasteiger partial charge in [-0.15, -0.1) is 23.1 Å². The van der Waals surface area contributed by atoms with Gasteiger partial charge in [-0.05, 0) is 96.5 Å². The summed E-state index contributed by atoms with van der Waals surface area (Å²) >= 11 is 6.28. The van der Waals surface area contributed by atoms with E-state index in [9.17, 15) is 9.59 Å². The maximum absolute atomic E-state index is 12.9. The molecule has 0 aliphatic rings. The number of carbonyl (C=O) groups is 2. The lowest BCUT2D eigenvalue weighted by molar-refractivity contribution is -0.143. The fourth-order valence-electron chi connectivity index (χ4n) is 3.87. The molecule has 0 N–H and O–H groups in total. The molecule has 0 amide bonds. The first-order chi connectivity index (χ1) is 18.7. The highest BCUT2D eigenvalue weighted by atomic mass is 79.9. The molecule has 5 nitrogen and oxygen atoms in total. The molecular formula is C32H54BrNO4S2Si. The molecule has 0 aliphatic carbocycles. The van der Waals surface area contributed by atoms with Gasteiger partial charge in [0, 0.05) is 18.4 Å². The van der Waals surface area contributed by atoms with Crippen molar-refractivity contribution < 1.29 is 18.8 Å². The van der Waals surface area contributed by atoms with Gasteiger partial charge in [-0.2, -0.15) is 0 Å². The normalized spacial score (nSPS) is 15.9. The number of carbonyl (C=O) groups excluding carboxylic acids is 2. The Hall–Kier alpha value is -0.743. The molecule has 3 atom stereocenters. The minimum absolute atomic E-state index is 0.0567. The van der Waals surface area contributed by atoms with Crippen LogP contribution < -0.4 is 0 Å². The number of aromatic nitrogens is 1. The summed E-state index contributed by atoms with van der Waals surface area (Å²) in [6.07, 6.45) is 7.67. The van der Waals surface area contributed by atoms with Crippen LogP contribution in [0, 0.1) is 12.8 Å². The first-order valence-corrected chi connectivity index (χ1v) is 20.4. The van der Waals surface area contributed by atoms with Gasteiger partial charge >= 0.3 is 5.97 Å². The monoisotopic (exact) mass is 687 g/mol. The summed E-state index contributed by atoms with van der Waals surface area (Å²) in [7, 11) is -1.72. The lowest BCUT2D eigenvalue weighted by Crippen LogP contribution is -2.41. The van der Waals surface area contributed by atoms with Crippen LogP contribution in [0.5, 0.6) is 0 Å². The van der Waals surface area contributed by atoms with Gasteiger partial charge in [-0.3, -0.25) is 9.59 Å². The van der Waals surface area contributed by atoms with Crippen LogP contribution in [0.15, 0.2) is 22.6 Å². The maximum Gasteiger partial charge on any atom is 0.316 e. The predicted molar refractivity (Wildman–Crippen MR) is 185 cm³/mol. The van der Waals surface area contributed by atoms with E-state index in [1.165, 1.54) is 17.3 Å². The van der Waals surface area contributed by atoms with Crippen molar-refractivity contribution in [2.45, 2.75) is 129 Å². The summed E-state index contributed by atoms with van der Waals surface area (Å²) in [6.45, 7) is 26.2. The minimum atomic E-state index is -1.72. The average molecular weight is 689 g/mol. The highest BCUT2D eigenvalue weighted by Crippen LogP contribution is 2.37. The first kappa shape index (κ1) is 38.3. The molecule has 41 heavy (non-hydrogen) atoms. The second-order valence-corrected chi connectivity index (χ2v) is 22.1. The number of esters is 1. The number of nitrogens with zero attached hydrogens (tertiary/aromatic N) is 1. The maximum atomic E-state index is 12.9. The SMILES string of the molecule is CC(=CC[C@H](OC(=O)CSC(C)(C)C(=O)C(C)Br)C(C)=Cc1csc(C)n1)CCC[C@H](C)CO[Si](C)(C)C(C)(C)C. The third-order valence-electron chi connectivity index (χ3n) is 7.78. The zero-order chi connectivity index (χ0) is 31.6. The number of hydrogen-bond acceptors (Lipinski definition) is 7. The van der Waals surface area contributed by atoms with E-state index in [-0.39, 0.29) is 33.5 Å². The summed E-state index contributed by atoms with van der Waals surface area (Å²) in [5.74, 6) is 0.391. The number of thiazole rings is 1. The number of aryl methyl sites for hydroxylation is 1. The number of halogens is 1. The Morgan fingerprint density at radius 2 is 1.80 bits per heavy atom. The van der Waals surface area contributed by atoms with E-state index < -0.39 is 13.1 Å². The molecule has 1 unspecified atom stereocenters. The number of allylic oxidation sites excluding steroid dienone is 1. The van der Waals surface area contributed by atoms with Crippen LogP contribution in [0.4, 0.5) is 0 Å². The van der Waals surface area contributed by atoms with E-state index in [0.717, 1.165) is 42.1 Å². The van der Waals surface area contributed by atoms with Crippen molar-refractivity contribution in [2.24, 2.45) is 5.92 Å². The molecule has 0 aromatic carbocycles. The number of Topliss-reactive ketones (excluding diaryl/α,β-unsaturated/α-hetero) is 1. The van der Waals surface area contributed by atoms with Crippen LogP contribution in [0.25, 0.3) is 6.08 Å². The van der Waals surface area contributed by atoms with E-state index in [2.05, 4.69) is 74.7 Å². The Morgan fingerprint density at radius 1 is 1.17 bits per heavy atom. The molecule has 0 fully saturated rings. The second-order valence-electron chi connectivity index (χ2n) is 13.3. The van der Waals surface area contributed by atoms with Gasteiger partial charge in [0.2, 0.25) is 0 Å². The quantitative estimate of drug-likeness (QED) is 0.0703. The van der Waals surface area contributed by atoms with Crippen molar-refractivity contribution in [2.75, 3.05) is 12.4 Å². The minimum Gasteiger partial charge on any atom is -0.457 e. The van der Waals surface area contributed by atoms with E-state index >= 15 is 0 Å². The third-order valence-corrected chi connectivity index (χ3v) is 14.8. The van der Waals surface area contributed by atoms with Gasteiger partial charge in [0.1, 0.15) is 6.10 Å². The van der Waals surface area contributed by atoms with Gasteiger partial charge in [0.05, 0.1) is 26.0 Å². The summed E-state index contributed by atoms with van der Waals surface area (Å²) in [4.78, 5) is 29.7. The molecule has 0 radical (unpaired) electrons. The summed E-state index contributed by atoms with van der Waals surface area (Å²) in [5, 5.41) is 3.25. The fourth-order valence-corrected chi connectivity index (χ4v) is 7.17. The Balaban J connectivity index is 2.79. The molecule has 0 spiro atoms. The van der Waals surface area contributed by atoms with Crippen LogP contribution in [0.3, 0.4) is 0 Å². The Bertz CT molecular complexity index is 1060. The van der Waals surface area contributed by atoms with Gasteiger partial charge in [0.15, 0.2) is 14.1 Å². The predicted octanol–water partition coefficient (Wildman–Crippen LogP) is 9.80. The standard InChI is InChI=1S/C32H54BrNO4S2Si/c1-22(14-13-15-23(2)19-37-41(11,12)31(6,7)8)16-17-28(24(3)18-27-20-39-26(5)34-27)38-29(35)21-40-32(9,10)30(36)25(4)33/h16,18,20,23,25,28H,13-15,17,19,21H2,1-12H3/t23-,25?,28-/m0/s1. The van der Waals surface area contributed by atoms with E-state index in [1.54, 1.807) is 11.3 Å². The van der Waals surface area contributed by atoms with Gasteiger partial charge in [-0.25, -0.2) is 4.98 Å². The van der Waals surface area contributed by atoms with Crippen LogP contribution in [0.1, 0.15) is 98.7 Å². The zero-order valence-corrected chi connectivity index (χ0v) is 31.7. The molecular weight excluding hydrogens is 634 g/mol. The summed E-state index contributed by atoms with van der Waals surface area (Å²) < 4.78 is 11.7. The summed E-state index contributed by atoms with van der Waals surface area (Å²) in [5.41, 5.74) is 3.14. The number of thioether (sulfide) groups is 1. The average Bonchev–Trinajstić information content (AvgIpc) is 3.26. The number of ketones is 1. The molecule has 0 bridgehead atoms. The van der Waals surface area contributed by atoms with Crippen molar-refractivity contribution in [3.63, 3.8) is 0 Å². The van der Waals surface area contributed by atoms with Gasteiger partial charge in [0.25, 0.3) is 0 Å². The first-order valence-electron chi connectivity index (χ1n) is 14.7. The summed E-state index contributed by atoms with van der Waals surface area (Å²) in [6, 6.07) is 0. The van der Waals surface area contributed by atoms with Crippen molar-refractivity contribution >= 4 is 65.2 Å². The number of rotatable bonds is 17. The smallest absolute Gasteiger partial charge is 0.316 e. The van der Waals surface area contributed by atoms with E-state index in [4.69, 9.17) is 9.16 Å². The lowest BCUT2D eigenvalue weighted by atomic mass is 10.0. The van der Waals surface area contributed by atoms with Crippen molar-refractivity contribution in [1.29, 1.82) is 0 Å². The second kappa shape index (κ2) is 16.9. The molecule has 234 valence electrons. The molecule has 1 rings (SSSR count). The van der Waals surface area contributed by atoms with Crippen molar-refractivity contribution in [3.05, 3.63) is 33.3 Å². The van der Waals surface area contributed by atoms with E-state index in [1.807, 2.05) is 46.1 Å². The molecule has 9 heteroatoms. The van der Waals surface area contributed by atoms with Crippen LogP contribution in [0.2, 0.25) is 18.1 Å². The highest BCUT2D eigenvalue weighted by molar-refractivity contribution is 9.10. The van der Waals surface area contributed by atoms with Crippen molar-refractivity contribution in [1.82, 2.24) is 4.98 Å². The van der Waals surface area contributed by atoms with Crippen molar-refractivity contribution in [3.8, 4) is 0 Å². The van der Waals surface area contributed by atoms with Crippen LogP contribution in [-0.2, 0) is 18.8 Å². The van der Waals surface area contributed by atoms with Crippen LogP contribution in [-0.4, -0.2) is 53.1 Å². The fraction of sp³-hybridized carbons (Fsp3) is 0.719. The Kier molecular flexibility index (Phi) is 15.8. The Morgan fingerprint density at radius 3 is 2.34 bits per heavy atom. The number of hydrogen-bond donors (Lipinski definition) is 0. The number of ether oxygens (including phenoxy) is 1. The molecule has 0 saturated carbocycles. The molecule has 0 aliphatic heterocycles. The number of alkyl halides is 1. The van der Waals surface area contributed by atoms with Crippen LogP contribution >= 0.6 is 39.0 Å². The Labute approximate surface area is 268 Å². The molecule has 1 aromatic heterocycles. The van der Waals surface area contributed by atoms with Gasteiger partial charge < -0.3 is 9.16 Å². The molecule has 1 aromatic rings. The zero-order valence-electron chi connectivity index (χ0n) is 27.5. The molecule has 0 saturated heterocycles. The molecule has 1 heterocycles. The lowest BCUT2D eigenvalue weighted by Gasteiger charge is -2.37. The van der Waals surface area contributed by atoms with E-state index in [0.29, 0.717) is 12.3 Å². The topological polar surface area (TPSA) is 65.5 Å². The largest absolute Gasteiger partial charge is 0.457 e.